The molecule has 1 aliphatic heterocycles. The molecule has 6 nitrogen and oxygen atoms in total. The van der Waals surface area contributed by atoms with Gasteiger partial charge in [-0.05, 0) is 36.8 Å². The predicted octanol–water partition coefficient (Wildman–Crippen LogP) is 4.42. The molecule has 0 atom stereocenters. The number of para-hydroxylation sites is 1. The van der Waals surface area contributed by atoms with Gasteiger partial charge in [0.1, 0.15) is 11.5 Å². The molecule has 1 aliphatic rings. The molecule has 2 aromatic carbocycles. The van der Waals surface area contributed by atoms with Gasteiger partial charge in [-0.1, -0.05) is 18.2 Å². The number of aromatic nitrogens is 2. The van der Waals surface area contributed by atoms with Crippen LogP contribution in [-0.4, -0.2) is 33.9 Å². The summed E-state index contributed by atoms with van der Waals surface area (Å²) < 4.78 is 66.7. The zero-order valence-corrected chi connectivity index (χ0v) is 16.3. The lowest BCUT2D eigenvalue weighted by Gasteiger charge is -2.22. The lowest BCUT2D eigenvalue weighted by atomic mass is 10.1. The average Bonchev–Trinajstić information content (AvgIpc) is 3.38. The number of carbonyl (C=O) groups is 1. The van der Waals surface area contributed by atoms with Crippen LogP contribution >= 0.6 is 0 Å². The average molecular weight is 435 g/mol. The number of rotatable bonds is 5. The van der Waals surface area contributed by atoms with E-state index in [1.807, 2.05) is 0 Å². The summed E-state index contributed by atoms with van der Waals surface area (Å²) in [4.78, 5) is 14.3. The fraction of sp³-hybridized carbons (Fsp3) is 0.238. The van der Waals surface area contributed by atoms with E-state index in [4.69, 9.17) is 9.47 Å². The Hall–Kier alpha value is -3.56. The zero-order chi connectivity index (χ0) is 22.2. The van der Waals surface area contributed by atoms with Crippen LogP contribution in [0.25, 0.3) is 5.69 Å². The number of benzene rings is 2. The predicted molar refractivity (Wildman–Crippen MR) is 102 cm³/mol. The van der Waals surface area contributed by atoms with Crippen LogP contribution in [0.3, 0.4) is 0 Å². The minimum absolute atomic E-state index is 0.0498. The van der Waals surface area contributed by atoms with Gasteiger partial charge in [0.15, 0.2) is 17.2 Å². The molecule has 0 bridgehead atoms. The molecule has 0 radical (unpaired) electrons. The first kappa shape index (κ1) is 20.7. The van der Waals surface area contributed by atoms with E-state index in [1.165, 1.54) is 17.0 Å². The highest BCUT2D eigenvalue weighted by Gasteiger charge is 2.41. The monoisotopic (exact) mass is 435 g/mol. The van der Waals surface area contributed by atoms with Crippen molar-refractivity contribution >= 4 is 5.91 Å². The van der Waals surface area contributed by atoms with Gasteiger partial charge in [-0.3, -0.25) is 4.79 Å². The van der Waals surface area contributed by atoms with Crippen molar-refractivity contribution in [2.24, 2.45) is 0 Å². The first-order chi connectivity index (χ1) is 14.8. The molecule has 0 spiro atoms. The number of hydrogen-bond donors (Lipinski definition) is 0. The molecule has 1 amide bonds. The van der Waals surface area contributed by atoms with Crippen LogP contribution in [0.2, 0.25) is 0 Å². The second-order valence-corrected chi connectivity index (χ2v) is 6.77. The number of fused-ring (bicyclic) bond motifs is 1. The van der Waals surface area contributed by atoms with E-state index in [1.54, 1.807) is 25.1 Å². The quantitative estimate of drug-likeness (QED) is 0.557. The van der Waals surface area contributed by atoms with Crippen LogP contribution in [0.4, 0.5) is 17.6 Å². The molecular weight excluding hydrogens is 418 g/mol. The standard InChI is InChI=1S/C21H17F4N3O3/c1-2-27(11-13-7-8-17-18(9-13)31-12-30-17)20(29)14-10-26-28(19(14)21(23,24)25)16-6-4-3-5-15(16)22/h3-10H,2,11-12H2,1H3. The van der Waals surface area contributed by atoms with Crippen molar-refractivity contribution in [3.63, 3.8) is 0 Å². The Kier molecular flexibility index (Phi) is 5.30. The number of ether oxygens (including phenoxy) is 2. The topological polar surface area (TPSA) is 56.6 Å². The molecule has 0 saturated carbocycles. The lowest BCUT2D eigenvalue weighted by Crippen LogP contribution is -2.32. The maximum absolute atomic E-state index is 14.1. The molecule has 3 aromatic rings. The van der Waals surface area contributed by atoms with Crippen molar-refractivity contribution in [3.05, 3.63) is 71.3 Å². The summed E-state index contributed by atoms with van der Waals surface area (Å²) in [7, 11) is 0. The Balaban J connectivity index is 1.69. The molecule has 162 valence electrons. The first-order valence-corrected chi connectivity index (χ1v) is 9.37. The number of alkyl halides is 3. The minimum Gasteiger partial charge on any atom is -0.454 e. The van der Waals surface area contributed by atoms with Gasteiger partial charge in [0, 0.05) is 13.1 Å². The molecule has 2 heterocycles. The van der Waals surface area contributed by atoms with Crippen molar-refractivity contribution in [2.45, 2.75) is 19.6 Å². The second-order valence-electron chi connectivity index (χ2n) is 6.77. The highest BCUT2D eigenvalue weighted by atomic mass is 19.4. The van der Waals surface area contributed by atoms with Gasteiger partial charge in [-0.15, -0.1) is 0 Å². The molecule has 0 aliphatic carbocycles. The first-order valence-electron chi connectivity index (χ1n) is 9.37. The van der Waals surface area contributed by atoms with Crippen LogP contribution in [0, 0.1) is 5.82 Å². The van der Waals surface area contributed by atoms with Gasteiger partial charge in [0.2, 0.25) is 6.79 Å². The molecule has 1 aromatic heterocycles. The Morgan fingerprint density at radius 2 is 1.90 bits per heavy atom. The molecule has 0 saturated heterocycles. The summed E-state index contributed by atoms with van der Waals surface area (Å²) in [5.41, 5.74) is -1.72. The van der Waals surface area contributed by atoms with E-state index in [0.29, 0.717) is 21.7 Å². The van der Waals surface area contributed by atoms with Gasteiger partial charge in [0.25, 0.3) is 5.91 Å². The second kappa shape index (κ2) is 7.93. The molecule has 0 N–H and O–H groups in total. The van der Waals surface area contributed by atoms with E-state index < -0.39 is 34.8 Å². The summed E-state index contributed by atoms with van der Waals surface area (Å²) in [5.74, 6) is -0.689. The molecule has 0 unspecified atom stereocenters. The van der Waals surface area contributed by atoms with Crippen molar-refractivity contribution < 1.29 is 31.8 Å². The fourth-order valence-electron chi connectivity index (χ4n) is 3.34. The third-order valence-corrected chi connectivity index (χ3v) is 4.83. The highest BCUT2D eigenvalue weighted by Crippen LogP contribution is 2.36. The van der Waals surface area contributed by atoms with Crippen LogP contribution in [0.5, 0.6) is 11.5 Å². The van der Waals surface area contributed by atoms with Gasteiger partial charge in [-0.25, -0.2) is 9.07 Å². The van der Waals surface area contributed by atoms with Gasteiger partial charge in [0.05, 0.1) is 11.8 Å². The van der Waals surface area contributed by atoms with Gasteiger partial charge < -0.3 is 14.4 Å². The van der Waals surface area contributed by atoms with E-state index in [2.05, 4.69) is 5.10 Å². The third-order valence-electron chi connectivity index (χ3n) is 4.83. The van der Waals surface area contributed by atoms with Crippen molar-refractivity contribution in [1.29, 1.82) is 0 Å². The zero-order valence-electron chi connectivity index (χ0n) is 16.3. The maximum atomic E-state index is 14.1. The maximum Gasteiger partial charge on any atom is 0.434 e. The Labute approximate surface area is 174 Å². The summed E-state index contributed by atoms with van der Waals surface area (Å²) in [6, 6.07) is 9.98. The molecule has 4 rings (SSSR count). The van der Waals surface area contributed by atoms with Crippen LogP contribution < -0.4 is 9.47 Å². The number of nitrogens with zero attached hydrogens (tertiary/aromatic N) is 3. The van der Waals surface area contributed by atoms with Gasteiger partial charge >= 0.3 is 6.18 Å². The number of hydrogen-bond acceptors (Lipinski definition) is 4. The van der Waals surface area contributed by atoms with Crippen molar-refractivity contribution in [2.75, 3.05) is 13.3 Å². The highest BCUT2D eigenvalue weighted by molar-refractivity contribution is 5.95. The largest absolute Gasteiger partial charge is 0.454 e. The van der Waals surface area contributed by atoms with E-state index in [9.17, 15) is 22.4 Å². The molecule has 10 heteroatoms. The normalized spacial score (nSPS) is 12.8. The number of amides is 1. The fourth-order valence-corrected chi connectivity index (χ4v) is 3.34. The van der Waals surface area contributed by atoms with Gasteiger partial charge in [-0.2, -0.15) is 18.3 Å². The van der Waals surface area contributed by atoms with Crippen LogP contribution in [0.1, 0.15) is 28.5 Å². The van der Waals surface area contributed by atoms with E-state index in [0.717, 1.165) is 18.3 Å². The Morgan fingerprint density at radius 1 is 1.16 bits per heavy atom. The smallest absolute Gasteiger partial charge is 0.434 e. The van der Waals surface area contributed by atoms with Crippen LogP contribution in [-0.2, 0) is 12.7 Å². The summed E-state index contributed by atoms with van der Waals surface area (Å²) >= 11 is 0. The summed E-state index contributed by atoms with van der Waals surface area (Å²) in [6.07, 6.45) is -4.11. The van der Waals surface area contributed by atoms with Crippen LogP contribution in [0.15, 0.2) is 48.7 Å². The Morgan fingerprint density at radius 3 is 2.61 bits per heavy atom. The summed E-state index contributed by atoms with van der Waals surface area (Å²) in [6.45, 7) is 1.93. The van der Waals surface area contributed by atoms with E-state index >= 15 is 0 Å². The third kappa shape index (κ3) is 3.92. The SMILES string of the molecule is CCN(Cc1ccc2c(c1)OCO2)C(=O)c1cnn(-c2ccccc2F)c1C(F)(F)F. The molecule has 31 heavy (non-hydrogen) atoms. The molecular formula is C21H17F4N3O3. The minimum atomic E-state index is -4.93. The van der Waals surface area contributed by atoms with Crippen molar-refractivity contribution in [1.82, 2.24) is 14.7 Å². The Bertz CT molecular complexity index is 1130. The number of carbonyl (C=O) groups excluding carboxylic acids is 1. The van der Waals surface area contributed by atoms with E-state index in [-0.39, 0.29) is 19.9 Å². The summed E-state index contributed by atoms with van der Waals surface area (Å²) in [5, 5.41) is 3.68. The lowest BCUT2D eigenvalue weighted by molar-refractivity contribution is -0.143. The number of halogens is 4. The van der Waals surface area contributed by atoms with Crippen molar-refractivity contribution in [3.8, 4) is 17.2 Å². The molecule has 0 fully saturated rings.